The Hall–Kier alpha value is -2.83. The number of hydrogen-bond donors (Lipinski definition) is 1. The van der Waals surface area contributed by atoms with Gasteiger partial charge < -0.3 is 19.9 Å². The molecule has 0 spiro atoms. The number of nitrogens with zero attached hydrogens (tertiary/aromatic N) is 2. The lowest BCUT2D eigenvalue weighted by atomic mass is 9.91. The van der Waals surface area contributed by atoms with Crippen molar-refractivity contribution in [1.82, 2.24) is 10.1 Å². The van der Waals surface area contributed by atoms with Crippen molar-refractivity contribution < 1.29 is 18.8 Å². The number of ether oxygens (including phenoxy) is 1. The third-order valence-corrected chi connectivity index (χ3v) is 4.72. The van der Waals surface area contributed by atoms with Gasteiger partial charge in [-0.15, -0.1) is 0 Å². The average molecular weight is 371 g/mol. The Morgan fingerprint density at radius 1 is 1.33 bits per heavy atom. The summed E-state index contributed by atoms with van der Waals surface area (Å²) in [6, 6.07) is 11.2. The van der Waals surface area contributed by atoms with Gasteiger partial charge in [-0.2, -0.15) is 0 Å². The van der Waals surface area contributed by atoms with Gasteiger partial charge in [0.05, 0.1) is 0 Å². The molecular formula is C20H25N3O4. The Labute approximate surface area is 158 Å². The van der Waals surface area contributed by atoms with Gasteiger partial charge >= 0.3 is 0 Å². The van der Waals surface area contributed by atoms with Crippen LogP contribution in [0.3, 0.4) is 0 Å². The predicted molar refractivity (Wildman–Crippen MR) is 99.2 cm³/mol. The second kappa shape index (κ2) is 8.70. The van der Waals surface area contributed by atoms with Crippen LogP contribution >= 0.6 is 0 Å². The molecule has 27 heavy (non-hydrogen) atoms. The van der Waals surface area contributed by atoms with E-state index >= 15 is 0 Å². The van der Waals surface area contributed by atoms with Gasteiger partial charge in [-0.25, -0.2) is 0 Å². The van der Waals surface area contributed by atoms with E-state index in [-0.39, 0.29) is 24.3 Å². The molecule has 1 saturated heterocycles. The maximum atomic E-state index is 12.8. The molecule has 1 aliphatic heterocycles. The van der Waals surface area contributed by atoms with E-state index in [0.29, 0.717) is 31.0 Å². The third kappa shape index (κ3) is 4.87. The van der Waals surface area contributed by atoms with Crippen LogP contribution in [0.25, 0.3) is 0 Å². The van der Waals surface area contributed by atoms with Crippen LogP contribution in [0, 0.1) is 5.92 Å². The van der Waals surface area contributed by atoms with Gasteiger partial charge in [-0.05, 0) is 18.6 Å². The first-order valence-electron chi connectivity index (χ1n) is 9.31. The maximum Gasteiger partial charge on any atom is 0.276 e. The van der Waals surface area contributed by atoms with Crippen molar-refractivity contribution in [2.24, 2.45) is 11.7 Å². The fourth-order valence-electron chi connectivity index (χ4n) is 3.42. The number of aryl methyl sites for hydroxylation is 1. The van der Waals surface area contributed by atoms with Gasteiger partial charge in [0.25, 0.3) is 5.91 Å². The average Bonchev–Trinajstić information content (AvgIpc) is 3.12. The van der Waals surface area contributed by atoms with Crippen molar-refractivity contribution in [3.05, 3.63) is 47.9 Å². The Kier molecular flexibility index (Phi) is 6.11. The van der Waals surface area contributed by atoms with Crippen molar-refractivity contribution in [2.45, 2.75) is 38.7 Å². The van der Waals surface area contributed by atoms with Crippen molar-refractivity contribution in [2.75, 3.05) is 13.1 Å². The highest BCUT2D eigenvalue weighted by Gasteiger charge is 2.35. The van der Waals surface area contributed by atoms with E-state index in [1.54, 1.807) is 11.0 Å². The van der Waals surface area contributed by atoms with Crippen LogP contribution in [-0.2, 0) is 11.2 Å². The molecule has 1 fully saturated rings. The van der Waals surface area contributed by atoms with E-state index < -0.39 is 5.91 Å². The first-order chi connectivity index (χ1) is 13.1. The molecule has 2 amide bonds. The summed E-state index contributed by atoms with van der Waals surface area (Å²) < 4.78 is 11.3. The molecule has 1 aromatic carbocycles. The van der Waals surface area contributed by atoms with E-state index in [2.05, 4.69) is 5.16 Å². The number of para-hydroxylation sites is 1. The first kappa shape index (κ1) is 18.9. The number of piperidine rings is 1. The van der Waals surface area contributed by atoms with Gasteiger partial charge in [0, 0.05) is 44.3 Å². The summed E-state index contributed by atoms with van der Waals surface area (Å²) in [6.45, 7) is 2.97. The van der Waals surface area contributed by atoms with Gasteiger partial charge in [0.2, 0.25) is 5.91 Å². The second-order valence-corrected chi connectivity index (χ2v) is 6.87. The minimum absolute atomic E-state index is 0.164. The van der Waals surface area contributed by atoms with E-state index in [0.717, 1.165) is 18.6 Å². The fraction of sp³-hybridized carbons (Fsp3) is 0.450. The fourth-order valence-corrected chi connectivity index (χ4v) is 3.42. The number of carbonyl (C=O) groups excluding carboxylic acids is 2. The maximum absolute atomic E-state index is 12.8. The normalized spacial score (nSPS) is 19.7. The molecule has 2 aromatic rings. The third-order valence-electron chi connectivity index (χ3n) is 4.72. The van der Waals surface area contributed by atoms with Crippen LogP contribution in [0.4, 0.5) is 0 Å². The van der Waals surface area contributed by atoms with Crippen LogP contribution in [0.2, 0.25) is 0 Å². The van der Waals surface area contributed by atoms with Crippen LogP contribution in [0.1, 0.15) is 42.4 Å². The quantitative estimate of drug-likeness (QED) is 0.806. The molecule has 0 aliphatic carbocycles. The molecule has 144 valence electrons. The molecule has 2 heterocycles. The molecule has 7 heteroatoms. The molecule has 0 radical (unpaired) electrons. The highest BCUT2D eigenvalue weighted by Crippen LogP contribution is 2.26. The van der Waals surface area contributed by atoms with Gasteiger partial charge in [-0.3, -0.25) is 9.59 Å². The Morgan fingerprint density at radius 3 is 2.81 bits per heavy atom. The lowest BCUT2D eigenvalue weighted by Gasteiger charge is -2.37. The molecule has 0 bridgehead atoms. The van der Waals surface area contributed by atoms with Gasteiger partial charge in [0.15, 0.2) is 5.69 Å². The summed E-state index contributed by atoms with van der Waals surface area (Å²) in [5.74, 6) is 0.702. The Bertz CT molecular complexity index is 775. The summed E-state index contributed by atoms with van der Waals surface area (Å²) >= 11 is 0. The molecule has 1 aliphatic rings. The number of amides is 2. The number of nitrogens with two attached hydrogens (primary N) is 1. The molecule has 0 saturated carbocycles. The number of likely N-dealkylation sites (tertiary alicyclic amines) is 1. The zero-order valence-corrected chi connectivity index (χ0v) is 15.5. The van der Waals surface area contributed by atoms with Gasteiger partial charge in [-0.1, -0.05) is 30.3 Å². The number of rotatable bonds is 7. The molecule has 2 N–H and O–H groups in total. The smallest absolute Gasteiger partial charge is 0.276 e. The standard InChI is InChI=1S/C20H25N3O4/c1-2-6-16-12-17(22-27-16)20(25)23-10-9-18(14(13-23)11-19(21)24)26-15-7-4-3-5-8-15/h3-5,7-8,12,14,18H,2,6,9-11,13H2,1H3,(H2,21,24)/t14-,18-/m0/s1. The first-order valence-corrected chi connectivity index (χ1v) is 9.31. The van der Waals surface area contributed by atoms with Crippen LogP contribution in [-0.4, -0.2) is 41.1 Å². The Morgan fingerprint density at radius 2 is 2.11 bits per heavy atom. The number of hydrogen-bond acceptors (Lipinski definition) is 5. The molecular weight excluding hydrogens is 346 g/mol. The predicted octanol–water partition coefficient (Wildman–Crippen LogP) is 2.41. The monoisotopic (exact) mass is 371 g/mol. The topological polar surface area (TPSA) is 98.7 Å². The minimum Gasteiger partial charge on any atom is -0.490 e. The van der Waals surface area contributed by atoms with Crippen LogP contribution < -0.4 is 10.5 Å². The summed E-state index contributed by atoms with van der Waals surface area (Å²) in [5, 5.41) is 3.89. The number of carbonyl (C=O) groups is 2. The SMILES string of the molecule is CCCc1cc(C(=O)N2CC[C@H](Oc3ccccc3)[C@@H](CC(N)=O)C2)no1. The summed E-state index contributed by atoms with van der Waals surface area (Å²) in [7, 11) is 0. The molecule has 1 aromatic heterocycles. The summed E-state index contributed by atoms with van der Waals surface area (Å²) in [5.41, 5.74) is 5.73. The highest BCUT2D eigenvalue weighted by molar-refractivity contribution is 5.92. The van der Waals surface area contributed by atoms with Crippen LogP contribution in [0.15, 0.2) is 40.9 Å². The van der Waals surface area contributed by atoms with Crippen molar-refractivity contribution in [3.63, 3.8) is 0 Å². The summed E-state index contributed by atoms with van der Waals surface area (Å²) in [6.07, 6.45) is 2.29. The zero-order chi connectivity index (χ0) is 19.2. The largest absolute Gasteiger partial charge is 0.490 e. The van der Waals surface area contributed by atoms with Crippen molar-refractivity contribution >= 4 is 11.8 Å². The molecule has 2 atom stereocenters. The lowest BCUT2D eigenvalue weighted by molar-refractivity contribution is -0.120. The number of benzene rings is 1. The highest BCUT2D eigenvalue weighted by atomic mass is 16.5. The molecule has 0 unspecified atom stereocenters. The number of aromatic nitrogens is 1. The summed E-state index contributed by atoms with van der Waals surface area (Å²) in [4.78, 5) is 26.0. The second-order valence-electron chi connectivity index (χ2n) is 6.87. The van der Waals surface area contributed by atoms with Crippen molar-refractivity contribution in [1.29, 1.82) is 0 Å². The Balaban J connectivity index is 1.69. The molecule has 3 rings (SSSR count). The van der Waals surface area contributed by atoms with Gasteiger partial charge in [0.1, 0.15) is 17.6 Å². The van der Waals surface area contributed by atoms with E-state index in [9.17, 15) is 9.59 Å². The number of primary amides is 1. The van der Waals surface area contributed by atoms with E-state index in [4.69, 9.17) is 15.0 Å². The molecule has 7 nitrogen and oxygen atoms in total. The van der Waals surface area contributed by atoms with E-state index in [1.165, 1.54) is 0 Å². The van der Waals surface area contributed by atoms with E-state index in [1.807, 2.05) is 37.3 Å². The lowest BCUT2D eigenvalue weighted by Crippen LogP contribution is -2.49. The van der Waals surface area contributed by atoms with Crippen LogP contribution in [0.5, 0.6) is 5.75 Å². The minimum atomic E-state index is -0.400. The zero-order valence-electron chi connectivity index (χ0n) is 15.5. The van der Waals surface area contributed by atoms with Crippen molar-refractivity contribution in [3.8, 4) is 5.75 Å².